The lowest BCUT2D eigenvalue weighted by Gasteiger charge is -2.13. The van der Waals surface area contributed by atoms with Gasteiger partial charge in [0.1, 0.15) is 0 Å². The molecule has 0 unspecified atom stereocenters. The van der Waals surface area contributed by atoms with Gasteiger partial charge in [-0.2, -0.15) is 0 Å². The Bertz CT molecular complexity index is 646. The van der Waals surface area contributed by atoms with Crippen LogP contribution in [0.1, 0.15) is 27.3 Å². The van der Waals surface area contributed by atoms with Crippen LogP contribution < -0.4 is 0 Å². The molecule has 2 aromatic rings. The summed E-state index contributed by atoms with van der Waals surface area (Å²) in [6, 6.07) is 7.99. The van der Waals surface area contributed by atoms with Gasteiger partial charge >= 0.3 is 0 Å². The first-order valence-electron chi connectivity index (χ1n) is 6.01. The molecule has 0 spiro atoms. The highest BCUT2D eigenvalue weighted by molar-refractivity contribution is 9.10. The Balaban J connectivity index is 2.67. The average Bonchev–Trinajstić information content (AvgIpc) is 2.68. The van der Waals surface area contributed by atoms with Gasteiger partial charge in [-0.25, -0.2) is 0 Å². The largest absolute Gasteiger partial charge is 0.317 e. The average molecular weight is 341 g/mol. The Hall–Kier alpha value is -1.06. The van der Waals surface area contributed by atoms with Crippen molar-refractivity contribution in [2.45, 2.75) is 20.8 Å². The summed E-state index contributed by atoms with van der Waals surface area (Å²) in [5, 5.41) is 0. The third-order valence-electron chi connectivity index (χ3n) is 3.27. The molecular weight excluding hydrogens is 326 g/mol. The van der Waals surface area contributed by atoms with Crippen molar-refractivity contribution in [3.05, 3.63) is 51.3 Å². The molecule has 1 aromatic carbocycles. The topological polar surface area (TPSA) is 22.0 Å². The van der Waals surface area contributed by atoms with E-state index in [0.717, 1.165) is 27.1 Å². The molecule has 0 atom stereocenters. The fourth-order valence-corrected chi connectivity index (χ4v) is 2.88. The normalized spacial score (nSPS) is 10.8. The maximum atomic E-state index is 11.8. The summed E-state index contributed by atoms with van der Waals surface area (Å²) in [5.74, 6) is -0.0241. The molecule has 19 heavy (non-hydrogen) atoms. The van der Waals surface area contributed by atoms with Gasteiger partial charge in [0.2, 0.25) is 0 Å². The number of benzene rings is 1. The molecule has 0 radical (unpaired) electrons. The zero-order chi connectivity index (χ0) is 14.2. The van der Waals surface area contributed by atoms with E-state index in [9.17, 15) is 4.79 Å². The van der Waals surface area contributed by atoms with Crippen molar-refractivity contribution >= 4 is 33.3 Å². The number of carbonyl (C=O) groups excluding carboxylic acids is 1. The second-order valence-electron chi connectivity index (χ2n) is 4.59. The van der Waals surface area contributed by atoms with Crippen molar-refractivity contribution in [2.75, 3.05) is 5.88 Å². The van der Waals surface area contributed by atoms with E-state index in [4.69, 9.17) is 11.6 Å². The van der Waals surface area contributed by atoms with E-state index in [1.165, 1.54) is 0 Å². The Morgan fingerprint density at radius 3 is 2.63 bits per heavy atom. The van der Waals surface area contributed by atoms with E-state index in [1.54, 1.807) is 0 Å². The monoisotopic (exact) mass is 339 g/mol. The van der Waals surface area contributed by atoms with Crippen molar-refractivity contribution < 1.29 is 4.79 Å². The fraction of sp³-hybridized carbons (Fsp3) is 0.267. The van der Waals surface area contributed by atoms with E-state index in [2.05, 4.69) is 20.5 Å². The highest BCUT2D eigenvalue weighted by Gasteiger charge is 2.17. The van der Waals surface area contributed by atoms with Gasteiger partial charge in [-0.05, 0) is 54.4 Å². The van der Waals surface area contributed by atoms with Gasteiger partial charge in [0.05, 0.1) is 11.6 Å². The molecule has 0 saturated carbocycles. The summed E-state index contributed by atoms with van der Waals surface area (Å²) < 4.78 is 3.12. The third-order valence-corrected chi connectivity index (χ3v) is 4.54. The number of nitrogens with zero attached hydrogens (tertiary/aromatic N) is 1. The van der Waals surface area contributed by atoms with Crippen LogP contribution >= 0.6 is 27.5 Å². The summed E-state index contributed by atoms with van der Waals surface area (Å²) in [7, 11) is 0. The number of rotatable bonds is 3. The van der Waals surface area contributed by atoms with Gasteiger partial charge < -0.3 is 4.57 Å². The Labute approximate surface area is 126 Å². The standard InChI is InChI=1S/C15H15BrClNO/c1-9-5-4-6-13(15(9)16)18-10(2)7-12(11(18)3)14(19)8-17/h4-7H,8H2,1-3H3. The second-order valence-corrected chi connectivity index (χ2v) is 5.65. The molecule has 2 rings (SSSR count). The molecular formula is C15H15BrClNO. The maximum Gasteiger partial charge on any atom is 0.179 e. The van der Waals surface area contributed by atoms with Crippen LogP contribution in [-0.4, -0.2) is 16.2 Å². The lowest BCUT2D eigenvalue weighted by atomic mass is 10.2. The van der Waals surface area contributed by atoms with Crippen molar-refractivity contribution in [3.63, 3.8) is 0 Å². The van der Waals surface area contributed by atoms with Crippen LogP contribution in [-0.2, 0) is 0 Å². The number of aromatic nitrogens is 1. The summed E-state index contributed by atoms with van der Waals surface area (Å²) in [5.41, 5.74) is 4.85. The molecule has 4 heteroatoms. The first kappa shape index (κ1) is 14.4. The molecule has 0 aliphatic heterocycles. The lowest BCUT2D eigenvalue weighted by molar-refractivity contribution is 0.102. The van der Waals surface area contributed by atoms with E-state index in [1.807, 2.05) is 45.0 Å². The van der Waals surface area contributed by atoms with Gasteiger partial charge in [-0.1, -0.05) is 12.1 Å². The Kier molecular flexibility index (Phi) is 4.16. The van der Waals surface area contributed by atoms with Crippen LogP contribution in [0.15, 0.2) is 28.7 Å². The van der Waals surface area contributed by atoms with Crippen LogP contribution in [0, 0.1) is 20.8 Å². The van der Waals surface area contributed by atoms with Crippen molar-refractivity contribution in [3.8, 4) is 5.69 Å². The Morgan fingerprint density at radius 1 is 1.32 bits per heavy atom. The van der Waals surface area contributed by atoms with Crippen LogP contribution in [0.3, 0.4) is 0 Å². The van der Waals surface area contributed by atoms with E-state index < -0.39 is 0 Å². The Morgan fingerprint density at radius 2 is 2.00 bits per heavy atom. The summed E-state index contributed by atoms with van der Waals surface area (Å²) in [6.07, 6.45) is 0. The number of hydrogen-bond acceptors (Lipinski definition) is 1. The quantitative estimate of drug-likeness (QED) is 0.592. The number of Topliss-reactive ketones (excluding diaryl/α,β-unsaturated/α-hetero) is 1. The number of aryl methyl sites for hydroxylation is 2. The number of ketones is 1. The van der Waals surface area contributed by atoms with Gasteiger partial charge in [-0.3, -0.25) is 4.79 Å². The second kappa shape index (κ2) is 5.51. The predicted octanol–water partition coefficient (Wildman–Crippen LogP) is 4.59. The van der Waals surface area contributed by atoms with E-state index in [0.29, 0.717) is 5.56 Å². The predicted molar refractivity (Wildman–Crippen MR) is 82.7 cm³/mol. The van der Waals surface area contributed by atoms with Gasteiger partial charge in [-0.15, -0.1) is 11.6 Å². The minimum atomic E-state index is -0.0372. The van der Waals surface area contributed by atoms with Crippen molar-refractivity contribution in [1.82, 2.24) is 4.57 Å². The van der Waals surface area contributed by atoms with E-state index >= 15 is 0 Å². The molecule has 1 aromatic heterocycles. The molecule has 2 nitrogen and oxygen atoms in total. The third kappa shape index (κ3) is 2.49. The SMILES string of the molecule is Cc1cccc(-n2c(C)cc(C(=O)CCl)c2C)c1Br. The summed E-state index contributed by atoms with van der Waals surface area (Å²) in [6.45, 7) is 5.99. The first-order chi connectivity index (χ1) is 8.97. The molecule has 0 saturated heterocycles. The van der Waals surface area contributed by atoms with Gasteiger partial charge in [0.15, 0.2) is 5.78 Å². The van der Waals surface area contributed by atoms with Crippen LogP contribution in [0.2, 0.25) is 0 Å². The van der Waals surface area contributed by atoms with Gasteiger partial charge in [0.25, 0.3) is 0 Å². The summed E-state index contributed by atoms with van der Waals surface area (Å²) >= 11 is 9.27. The van der Waals surface area contributed by atoms with Gasteiger partial charge in [0, 0.05) is 21.4 Å². The molecule has 1 heterocycles. The van der Waals surface area contributed by atoms with Crippen molar-refractivity contribution in [1.29, 1.82) is 0 Å². The number of halogens is 2. The smallest absolute Gasteiger partial charge is 0.179 e. The van der Waals surface area contributed by atoms with Crippen LogP contribution in [0.25, 0.3) is 5.69 Å². The lowest BCUT2D eigenvalue weighted by Crippen LogP contribution is -2.05. The molecule has 0 aliphatic rings. The molecule has 0 bridgehead atoms. The highest BCUT2D eigenvalue weighted by Crippen LogP contribution is 2.29. The van der Waals surface area contributed by atoms with Crippen molar-refractivity contribution in [2.24, 2.45) is 0 Å². The number of alkyl halides is 1. The number of carbonyl (C=O) groups is 1. The molecule has 0 aliphatic carbocycles. The zero-order valence-electron chi connectivity index (χ0n) is 11.1. The molecule has 0 fully saturated rings. The molecule has 100 valence electrons. The summed E-state index contributed by atoms with van der Waals surface area (Å²) in [4.78, 5) is 11.8. The fourth-order valence-electron chi connectivity index (χ4n) is 2.29. The van der Waals surface area contributed by atoms with E-state index in [-0.39, 0.29) is 11.7 Å². The molecule has 0 amide bonds. The minimum Gasteiger partial charge on any atom is -0.317 e. The number of hydrogen-bond donors (Lipinski definition) is 0. The maximum absolute atomic E-state index is 11.8. The van der Waals surface area contributed by atoms with Crippen LogP contribution in [0.5, 0.6) is 0 Å². The minimum absolute atomic E-state index is 0.0132. The first-order valence-corrected chi connectivity index (χ1v) is 7.33. The zero-order valence-corrected chi connectivity index (χ0v) is 13.5. The highest BCUT2D eigenvalue weighted by atomic mass is 79.9. The molecule has 0 N–H and O–H groups in total. The van der Waals surface area contributed by atoms with Crippen LogP contribution in [0.4, 0.5) is 0 Å².